The number of methoxy groups -OCH3 is 2. The average Bonchev–Trinajstić information content (AvgIpc) is 2.71. The van der Waals surface area contributed by atoms with Crippen molar-refractivity contribution in [1.29, 1.82) is 0 Å². The molecule has 1 saturated carbocycles. The maximum Gasteiger partial charge on any atom is 0.161 e. The molecule has 1 aromatic rings. The summed E-state index contributed by atoms with van der Waals surface area (Å²) in [5.41, 5.74) is 1.25. The molecule has 2 rings (SSSR count). The van der Waals surface area contributed by atoms with Crippen molar-refractivity contribution in [1.82, 2.24) is 5.32 Å². The molecule has 21 heavy (non-hydrogen) atoms. The molecule has 3 atom stereocenters. The minimum atomic E-state index is 0.329. The molecule has 1 aromatic carbocycles. The van der Waals surface area contributed by atoms with Crippen molar-refractivity contribution in [3.8, 4) is 11.5 Å². The van der Waals surface area contributed by atoms with Gasteiger partial charge in [-0.15, -0.1) is 0 Å². The van der Waals surface area contributed by atoms with Crippen LogP contribution in [0.4, 0.5) is 0 Å². The van der Waals surface area contributed by atoms with Crippen molar-refractivity contribution < 1.29 is 9.47 Å². The first-order chi connectivity index (χ1) is 10.2. The number of hydrogen-bond acceptors (Lipinski definition) is 3. The van der Waals surface area contributed by atoms with Crippen LogP contribution in [-0.4, -0.2) is 20.3 Å². The Morgan fingerprint density at radius 2 is 1.76 bits per heavy atom. The molecule has 3 heteroatoms. The maximum atomic E-state index is 5.41. The van der Waals surface area contributed by atoms with Crippen molar-refractivity contribution in [2.75, 3.05) is 14.2 Å². The van der Waals surface area contributed by atoms with E-state index in [0.717, 1.165) is 17.4 Å². The van der Waals surface area contributed by atoms with Crippen molar-refractivity contribution in [2.24, 2.45) is 5.92 Å². The summed E-state index contributed by atoms with van der Waals surface area (Å²) in [5.74, 6) is 2.35. The fraction of sp³-hybridized carbons (Fsp3) is 0.667. The quantitative estimate of drug-likeness (QED) is 0.819. The van der Waals surface area contributed by atoms with Crippen molar-refractivity contribution >= 4 is 0 Å². The van der Waals surface area contributed by atoms with Gasteiger partial charge < -0.3 is 14.8 Å². The largest absolute Gasteiger partial charge is 0.493 e. The van der Waals surface area contributed by atoms with Crippen LogP contribution in [0.3, 0.4) is 0 Å². The molecule has 1 N–H and O–H groups in total. The Hall–Kier alpha value is -1.22. The van der Waals surface area contributed by atoms with Crippen LogP contribution in [0.2, 0.25) is 0 Å². The highest BCUT2D eigenvalue weighted by atomic mass is 16.5. The van der Waals surface area contributed by atoms with Gasteiger partial charge in [-0.25, -0.2) is 0 Å². The minimum absolute atomic E-state index is 0.329. The molecular weight excluding hydrogens is 262 g/mol. The fourth-order valence-electron chi connectivity index (χ4n) is 3.28. The molecule has 0 saturated heterocycles. The van der Waals surface area contributed by atoms with E-state index < -0.39 is 0 Å². The first kappa shape index (κ1) is 16.2. The second-order valence-electron chi connectivity index (χ2n) is 6.22. The van der Waals surface area contributed by atoms with Crippen LogP contribution in [-0.2, 0) is 0 Å². The number of hydrogen-bond donors (Lipinski definition) is 1. The Morgan fingerprint density at radius 3 is 2.48 bits per heavy atom. The van der Waals surface area contributed by atoms with Gasteiger partial charge in [-0.3, -0.25) is 0 Å². The summed E-state index contributed by atoms with van der Waals surface area (Å²) < 4.78 is 10.7. The third-order valence-corrected chi connectivity index (χ3v) is 4.73. The second-order valence-corrected chi connectivity index (χ2v) is 6.22. The minimum Gasteiger partial charge on any atom is -0.493 e. The lowest BCUT2D eigenvalue weighted by molar-refractivity contribution is 0.328. The molecular formula is C18H29NO2. The van der Waals surface area contributed by atoms with Crippen LogP contribution in [0.1, 0.15) is 57.6 Å². The van der Waals surface area contributed by atoms with Crippen LogP contribution in [0, 0.1) is 5.92 Å². The van der Waals surface area contributed by atoms with Gasteiger partial charge in [0, 0.05) is 12.1 Å². The van der Waals surface area contributed by atoms with Crippen LogP contribution < -0.4 is 14.8 Å². The summed E-state index contributed by atoms with van der Waals surface area (Å²) in [6, 6.07) is 7.15. The summed E-state index contributed by atoms with van der Waals surface area (Å²) in [7, 11) is 3.36. The van der Waals surface area contributed by atoms with E-state index in [-0.39, 0.29) is 0 Å². The van der Waals surface area contributed by atoms with Gasteiger partial charge in [-0.05, 0) is 43.4 Å². The molecule has 1 aliphatic rings. The van der Waals surface area contributed by atoms with Gasteiger partial charge in [0.25, 0.3) is 0 Å². The summed E-state index contributed by atoms with van der Waals surface area (Å²) >= 11 is 0. The number of rotatable bonds is 5. The number of benzene rings is 1. The van der Waals surface area contributed by atoms with Crippen LogP contribution in [0.15, 0.2) is 18.2 Å². The van der Waals surface area contributed by atoms with E-state index in [1.54, 1.807) is 14.2 Å². The van der Waals surface area contributed by atoms with E-state index in [1.165, 1.54) is 37.7 Å². The van der Waals surface area contributed by atoms with E-state index >= 15 is 0 Å². The fourth-order valence-corrected chi connectivity index (χ4v) is 3.28. The molecule has 0 aromatic heterocycles. The summed E-state index contributed by atoms with van der Waals surface area (Å²) in [5, 5.41) is 3.82. The molecule has 0 aliphatic heterocycles. The lowest BCUT2D eigenvalue weighted by atomic mass is 9.95. The summed E-state index contributed by atoms with van der Waals surface area (Å²) in [6.45, 7) is 4.61. The van der Waals surface area contributed by atoms with Crippen molar-refractivity contribution in [3.63, 3.8) is 0 Å². The molecule has 118 valence electrons. The third-order valence-electron chi connectivity index (χ3n) is 4.73. The van der Waals surface area contributed by atoms with Crippen LogP contribution in [0.5, 0.6) is 11.5 Å². The molecule has 0 amide bonds. The molecule has 1 fully saturated rings. The van der Waals surface area contributed by atoms with E-state index in [1.807, 2.05) is 6.07 Å². The van der Waals surface area contributed by atoms with Gasteiger partial charge in [-0.1, -0.05) is 32.3 Å². The highest BCUT2D eigenvalue weighted by Crippen LogP contribution is 2.31. The zero-order chi connectivity index (χ0) is 15.2. The monoisotopic (exact) mass is 291 g/mol. The van der Waals surface area contributed by atoms with Gasteiger partial charge in [0.1, 0.15) is 0 Å². The zero-order valence-electron chi connectivity index (χ0n) is 13.8. The van der Waals surface area contributed by atoms with E-state index in [2.05, 4.69) is 31.3 Å². The Kier molecular flexibility index (Phi) is 5.92. The van der Waals surface area contributed by atoms with E-state index in [0.29, 0.717) is 12.1 Å². The predicted molar refractivity (Wildman–Crippen MR) is 87.1 cm³/mol. The lowest BCUT2D eigenvalue weighted by Gasteiger charge is -2.27. The van der Waals surface area contributed by atoms with Gasteiger partial charge >= 0.3 is 0 Å². The second kappa shape index (κ2) is 7.69. The highest BCUT2D eigenvalue weighted by Gasteiger charge is 2.22. The zero-order valence-corrected chi connectivity index (χ0v) is 13.8. The molecule has 0 bridgehead atoms. The van der Waals surface area contributed by atoms with Crippen molar-refractivity contribution in [2.45, 2.75) is 58.0 Å². The molecule has 0 heterocycles. The average molecular weight is 291 g/mol. The third kappa shape index (κ3) is 4.13. The number of nitrogens with one attached hydrogen (secondary N) is 1. The van der Waals surface area contributed by atoms with Crippen LogP contribution in [0.25, 0.3) is 0 Å². The Labute approximate surface area is 129 Å². The highest BCUT2D eigenvalue weighted by molar-refractivity contribution is 5.43. The van der Waals surface area contributed by atoms with Gasteiger partial charge in [0.15, 0.2) is 11.5 Å². The molecule has 3 unspecified atom stereocenters. The molecule has 3 nitrogen and oxygen atoms in total. The smallest absolute Gasteiger partial charge is 0.161 e. The summed E-state index contributed by atoms with van der Waals surface area (Å²) in [6.07, 6.45) is 6.74. The first-order valence-corrected chi connectivity index (χ1v) is 8.13. The molecule has 0 radical (unpaired) electrons. The Balaban J connectivity index is 2.06. The first-order valence-electron chi connectivity index (χ1n) is 8.13. The lowest BCUT2D eigenvalue weighted by Crippen LogP contribution is -2.36. The van der Waals surface area contributed by atoms with Crippen LogP contribution >= 0.6 is 0 Å². The SMILES string of the molecule is COc1ccc(C(C)NC2CCCCCC2C)cc1OC. The molecule has 1 aliphatic carbocycles. The van der Waals surface area contributed by atoms with Gasteiger partial charge in [-0.2, -0.15) is 0 Å². The van der Waals surface area contributed by atoms with E-state index in [4.69, 9.17) is 9.47 Å². The standard InChI is InChI=1S/C18H29NO2/c1-13-8-6-5-7-9-16(13)19-14(2)15-10-11-17(20-3)18(12-15)21-4/h10-14,16,19H,5-9H2,1-4H3. The Morgan fingerprint density at radius 1 is 1.05 bits per heavy atom. The number of ether oxygens (including phenoxy) is 2. The molecule has 0 spiro atoms. The van der Waals surface area contributed by atoms with E-state index in [9.17, 15) is 0 Å². The maximum absolute atomic E-state index is 5.41. The summed E-state index contributed by atoms with van der Waals surface area (Å²) in [4.78, 5) is 0. The van der Waals surface area contributed by atoms with Gasteiger partial charge in [0.05, 0.1) is 14.2 Å². The van der Waals surface area contributed by atoms with Crippen molar-refractivity contribution in [3.05, 3.63) is 23.8 Å². The predicted octanol–water partition coefficient (Wildman–Crippen LogP) is 4.32. The Bertz CT molecular complexity index is 447. The normalized spacial score (nSPS) is 24.2. The van der Waals surface area contributed by atoms with Gasteiger partial charge in [0.2, 0.25) is 0 Å². The topological polar surface area (TPSA) is 30.5 Å².